The van der Waals surface area contributed by atoms with Crippen LogP contribution in [0, 0.1) is 20.8 Å². The van der Waals surface area contributed by atoms with Crippen molar-refractivity contribution in [2.24, 2.45) is 30.7 Å². The minimum atomic E-state index is -4.30. The van der Waals surface area contributed by atoms with E-state index in [0.717, 1.165) is 39.0 Å². The van der Waals surface area contributed by atoms with Gasteiger partial charge in [-0.25, -0.2) is 0 Å². The van der Waals surface area contributed by atoms with Gasteiger partial charge in [-0.15, -0.1) is 17.7 Å². The van der Waals surface area contributed by atoms with Crippen molar-refractivity contribution in [1.82, 2.24) is 0 Å². The zero-order valence-electron chi connectivity index (χ0n) is 30.8. The number of nitrogens with zero attached hydrogens (tertiary/aromatic N) is 6. The van der Waals surface area contributed by atoms with Crippen molar-refractivity contribution in [1.29, 1.82) is 0 Å². The second-order valence-electron chi connectivity index (χ2n) is 11.9. The van der Waals surface area contributed by atoms with E-state index in [1.807, 2.05) is 68.4 Å². The van der Waals surface area contributed by atoms with E-state index in [-0.39, 0.29) is 16.3 Å². The molecule has 0 spiro atoms. The summed E-state index contributed by atoms with van der Waals surface area (Å²) in [4.78, 5) is -0.251. The molecule has 0 aliphatic carbocycles. The van der Waals surface area contributed by atoms with E-state index in [0.29, 0.717) is 22.8 Å². The molecule has 0 aromatic heterocycles. The van der Waals surface area contributed by atoms with Gasteiger partial charge < -0.3 is 15.2 Å². The molecule has 0 saturated carbocycles. The first kappa shape index (κ1) is 42.1. The second kappa shape index (κ2) is 19.6. The van der Waals surface area contributed by atoms with Crippen LogP contribution in [0.4, 0.5) is 39.8 Å². The van der Waals surface area contributed by atoms with Crippen LogP contribution in [-0.4, -0.2) is 44.9 Å². The van der Waals surface area contributed by atoms with Crippen molar-refractivity contribution in [2.45, 2.75) is 25.7 Å². The summed E-state index contributed by atoms with van der Waals surface area (Å²) >= 11 is 0. The van der Waals surface area contributed by atoms with Crippen LogP contribution in [0.2, 0.25) is 0 Å². The molecule has 6 aromatic rings. The molecule has 0 aliphatic rings. The lowest BCUT2D eigenvalue weighted by molar-refractivity contribution is 0.416. The second-order valence-corrected chi connectivity index (χ2v) is 13.7. The Hall–Kier alpha value is -6.69. The number of hydrogen-bond donors (Lipinski definition) is 3. The molecule has 0 saturated heterocycles. The van der Waals surface area contributed by atoms with Crippen LogP contribution in [0.5, 0.6) is 11.5 Å². The van der Waals surface area contributed by atoms with Gasteiger partial charge in [0.25, 0.3) is 10.1 Å². The minimum absolute atomic E-state index is 0.149. The van der Waals surface area contributed by atoms with Gasteiger partial charge in [-0.1, -0.05) is 48.0 Å². The van der Waals surface area contributed by atoms with E-state index < -0.39 is 20.7 Å². The largest absolute Gasteiger partial charge is 0.505 e. The number of ether oxygens (including phenoxy) is 1. The Morgan fingerprint density at radius 2 is 1.25 bits per heavy atom. The van der Waals surface area contributed by atoms with E-state index in [1.165, 1.54) is 30.9 Å². The lowest BCUT2D eigenvalue weighted by Gasteiger charge is -2.10. The van der Waals surface area contributed by atoms with Crippen molar-refractivity contribution in [3.63, 3.8) is 0 Å². The molecular formula is C39H37N7O8S2. The van der Waals surface area contributed by atoms with Crippen LogP contribution >= 0.6 is 0 Å². The van der Waals surface area contributed by atoms with Gasteiger partial charge >= 0.3 is 10.6 Å². The number of phenolic OH excluding ortho intramolecular Hbond substituents is 1. The van der Waals surface area contributed by atoms with Gasteiger partial charge in [-0.05, 0) is 104 Å². The van der Waals surface area contributed by atoms with Gasteiger partial charge in [0.15, 0.2) is 5.75 Å². The highest BCUT2D eigenvalue weighted by Gasteiger charge is 2.10. The number of aryl methyl sites for hydroxylation is 3. The van der Waals surface area contributed by atoms with E-state index in [9.17, 15) is 13.5 Å². The average Bonchev–Trinajstić information content (AvgIpc) is 3.15. The van der Waals surface area contributed by atoms with Crippen LogP contribution in [0.1, 0.15) is 16.7 Å². The highest BCUT2D eigenvalue weighted by Crippen LogP contribution is 2.37. The smallest absolute Gasteiger partial charge is 0.425 e. The topological polar surface area (TPSA) is 221 Å². The number of aromatic hydroxyl groups is 1. The number of nitrogens with one attached hydrogen (secondary N) is 1. The number of benzene rings is 6. The monoisotopic (exact) mass is 795 g/mol. The molecule has 6 aromatic carbocycles. The fraction of sp³-hybridized carbons (Fsp3) is 0.128. The minimum Gasteiger partial charge on any atom is -0.505 e. The van der Waals surface area contributed by atoms with E-state index in [2.05, 4.69) is 55.1 Å². The van der Waals surface area contributed by atoms with Gasteiger partial charge in [0.2, 0.25) is 0 Å². The van der Waals surface area contributed by atoms with E-state index >= 15 is 0 Å². The third kappa shape index (κ3) is 12.4. The number of azo groups is 3. The van der Waals surface area contributed by atoms with Gasteiger partial charge in [-0.2, -0.15) is 34.0 Å². The maximum absolute atomic E-state index is 11.2. The standard InChI is InChI=1S/C21H20N4O4S.C18H17N3O.O3S/c1-14-7-9-19(15(2)11-14)24-25-20-10-8-17(13-21(20)29-3)23-22-16-5-4-6-18(12-16)30(26,27)28;1-12-4-3-5-14(10-12)20-15-8-6-13-7-9-17(21-19-2)18(22)16(13)11-15;1-4(2)3/h4-13H,1-3H3,(H,26,27,28);3-11,20,22H,1-2H3;. The number of anilines is 2. The summed E-state index contributed by atoms with van der Waals surface area (Å²) in [6.45, 7) is 6.04. The van der Waals surface area contributed by atoms with Crippen LogP contribution in [0.3, 0.4) is 0 Å². The molecule has 0 fully saturated rings. The van der Waals surface area contributed by atoms with Crippen molar-refractivity contribution in [3.8, 4) is 11.5 Å². The molecule has 6 rings (SSSR count). The molecule has 56 heavy (non-hydrogen) atoms. The fourth-order valence-electron chi connectivity index (χ4n) is 5.11. The maximum Gasteiger partial charge on any atom is 0.425 e. The predicted molar refractivity (Wildman–Crippen MR) is 214 cm³/mol. The number of phenols is 1. The molecule has 0 atom stereocenters. The molecule has 15 nitrogen and oxygen atoms in total. The van der Waals surface area contributed by atoms with E-state index in [4.69, 9.17) is 21.9 Å². The zero-order valence-corrected chi connectivity index (χ0v) is 32.4. The molecule has 0 amide bonds. The van der Waals surface area contributed by atoms with Gasteiger partial charge in [0.1, 0.15) is 17.1 Å². The Bertz CT molecular complexity index is 2660. The summed E-state index contributed by atoms with van der Waals surface area (Å²) in [5.41, 5.74) is 7.84. The molecular weight excluding hydrogens is 759 g/mol. The molecule has 0 unspecified atom stereocenters. The summed E-state index contributed by atoms with van der Waals surface area (Å²) in [5.74, 6) is 0.614. The fourth-order valence-corrected chi connectivity index (χ4v) is 5.63. The van der Waals surface area contributed by atoms with Crippen molar-refractivity contribution in [2.75, 3.05) is 19.5 Å². The highest BCUT2D eigenvalue weighted by atomic mass is 32.2. The Morgan fingerprint density at radius 1 is 0.643 bits per heavy atom. The Labute approximate surface area is 325 Å². The molecule has 288 valence electrons. The third-order valence-electron chi connectivity index (χ3n) is 7.66. The number of fused-ring (bicyclic) bond motifs is 1. The summed E-state index contributed by atoms with van der Waals surface area (Å²) in [7, 11) is -4.32. The molecule has 17 heteroatoms. The number of rotatable bonds is 9. The Kier molecular flexibility index (Phi) is 14.7. The van der Waals surface area contributed by atoms with Crippen molar-refractivity contribution >= 4 is 71.3 Å². The van der Waals surface area contributed by atoms with Crippen LogP contribution < -0.4 is 10.1 Å². The molecule has 0 radical (unpaired) electrons. The quantitative estimate of drug-likeness (QED) is 0.0934. The summed E-state index contributed by atoms with van der Waals surface area (Å²) in [6.07, 6.45) is 0. The Morgan fingerprint density at radius 3 is 1.91 bits per heavy atom. The van der Waals surface area contributed by atoms with Gasteiger partial charge in [0, 0.05) is 29.9 Å². The summed E-state index contributed by atoms with van der Waals surface area (Å²) in [6, 6.07) is 34.2. The predicted octanol–water partition coefficient (Wildman–Crippen LogP) is 10.7. The van der Waals surface area contributed by atoms with Crippen molar-refractivity contribution in [3.05, 3.63) is 132 Å². The molecule has 0 bridgehead atoms. The van der Waals surface area contributed by atoms with Crippen molar-refractivity contribution < 1.29 is 35.4 Å². The molecule has 3 N–H and O–H groups in total. The molecule has 0 aliphatic heterocycles. The third-order valence-corrected chi connectivity index (χ3v) is 8.51. The summed E-state index contributed by atoms with van der Waals surface area (Å²) in [5, 5.41) is 39.7. The highest BCUT2D eigenvalue weighted by molar-refractivity contribution is 7.85. The summed E-state index contributed by atoms with van der Waals surface area (Å²) < 4.78 is 62.3. The van der Waals surface area contributed by atoms with Crippen LogP contribution in [0.15, 0.2) is 151 Å². The van der Waals surface area contributed by atoms with E-state index in [1.54, 1.807) is 37.4 Å². The first-order valence-corrected chi connectivity index (χ1v) is 18.9. The lowest BCUT2D eigenvalue weighted by atomic mass is 10.1. The number of methoxy groups -OCH3 is 1. The zero-order chi connectivity index (χ0) is 40.8. The Balaban J connectivity index is 0.000000235. The van der Waals surface area contributed by atoms with Gasteiger partial charge in [0.05, 0.1) is 29.1 Å². The average molecular weight is 796 g/mol. The maximum atomic E-state index is 11.2. The van der Waals surface area contributed by atoms with Gasteiger partial charge in [-0.3, -0.25) is 4.55 Å². The SMILES string of the molecule is CN=Nc1ccc2ccc(Nc3cccc(C)c3)cc2c1O.COc1cc(N=Nc2cccc(S(=O)(=O)O)c2)ccc1N=Nc1ccc(C)cc1C.O=S(=O)=O. The molecule has 0 heterocycles. The van der Waals surface area contributed by atoms with Crippen LogP contribution in [-0.2, 0) is 20.7 Å². The van der Waals surface area contributed by atoms with Crippen LogP contribution in [0.25, 0.3) is 10.8 Å². The first-order valence-electron chi connectivity index (χ1n) is 16.5. The number of hydrogen-bond acceptors (Lipinski definition) is 14. The normalized spacial score (nSPS) is 11.2. The lowest BCUT2D eigenvalue weighted by Crippen LogP contribution is -1.96. The first-order chi connectivity index (χ1) is 26.7.